The lowest BCUT2D eigenvalue weighted by Gasteiger charge is -2.19. The molecule has 0 saturated carbocycles. The van der Waals surface area contributed by atoms with Gasteiger partial charge in [0.15, 0.2) is 0 Å². The second-order valence-electron chi connectivity index (χ2n) is 4.58. The summed E-state index contributed by atoms with van der Waals surface area (Å²) in [4.78, 5) is 2.49. The van der Waals surface area contributed by atoms with Crippen LogP contribution in [0.5, 0.6) is 0 Å². The van der Waals surface area contributed by atoms with E-state index < -0.39 is 0 Å². The van der Waals surface area contributed by atoms with Crippen LogP contribution in [-0.4, -0.2) is 62.0 Å². The summed E-state index contributed by atoms with van der Waals surface area (Å²) in [6.45, 7) is 6.82. The monoisotopic (exact) mass is 230 g/mol. The van der Waals surface area contributed by atoms with Gasteiger partial charge in [0.1, 0.15) is 0 Å². The zero-order valence-corrected chi connectivity index (χ0v) is 10.6. The minimum absolute atomic E-state index is 0.379. The van der Waals surface area contributed by atoms with E-state index in [4.69, 9.17) is 4.74 Å². The number of likely N-dealkylation sites (tertiary alicyclic amines) is 1. The number of aliphatic hydroxyl groups is 1. The summed E-state index contributed by atoms with van der Waals surface area (Å²) < 4.78 is 4.90. The van der Waals surface area contributed by atoms with E-state index in [-0.39, 0.29) is 6.10 Å². The molecule has 96 valence electrons. The lowest BCUT2D eigenvalue weighted by Crippen LogP contribution is -2.38. The van der Waals surface area contributed by atoms with Gasteiger partial charge in [-0.25, -0.2) is 0 Å². The maximum Gasteiger partial charge on any atom is 0.0897 e. The van der Waals surface area contributed by atoms with E-state index in [1.165, 1.54) is 32.4 Å². The number of methoxy groups -OCH3 is 1. The van der Waals surface area contributed by atoms with Crippen LogP contribution in [-0.2, 0) is 4.74 Å². The fourth-order valence-electron chi connectivity index (χ4n) is 2.23. The predicted molar refractivity (Wildman–Crippen MR) is 65.6 cm³/mol. The molecule has 1 saturated heterocycles. The van der Waals surface area contributed by atoms with Crippen LogP contribution in [0, 0.1) is 0 Å². The van der Waals surface area contributed by atoms with E-state index in [0.717, 1.165) is 6.54 Å². The summed E-state index contributed by atoms with van der Waals surface area (Å²) in [5.41, 5.74) is 0. The molecule has 1 aliphatic rings. The molecule has 0 aromatic heterocycles. The highest BCUT2D eigenvalue weighted by molar-refractivity contribution is 4.75. The van der Waals surface area contributed by atoms with Gasteiger partial charge >= 0.3 is 0 Å². The molecule has 1 fully saturated rings. The van der Waals surface area contributed by atoms with Crippen LogP contribution in [0.3, 0.4) is 0 Å². The van der Waals surface area contributed by atoms with E-state index in [9.17, 15) is 5.11 Å². The molecule has 2 unspecified atom stereocenters. The van der Waals surface area contributed by atoms with Crippen molar-refractivity contribution in [3.05, 3.63) is 0 Å². The summed E-state index contributed by atoms with van der Waals surface area (Å²) in [7, 11) is 1.62. The third kappa shape index (κ3) is 5.25. The van der Waals surface area contributed by atoms with Gasteiger partial charge in [-0.1, -0.05) is 6.92 Å². The molecule has 0 radical (unpaired) electrons. The highest BCUT2D eigenvalue weighted by Crippen LogP contribution is 2.10. The fourth-order valence-corrected chi connectivity index (χ4v) is 2.23. The van der Waals surface area contributed by atoms with Gasteiger partial charge in [-0.2, -0.15) is 0 Å². The Bertz CT molecular complexity index is 178. The Morgan fingerprint density at radius 1 is 1.44 bits per heavy atom. The van der Waals surface area contributed by atoms with Gasteiger partial charge in [-0.15, -0.1) is 0 Å². The van der Waals surface area contributed by atoms with Gasteiger partial charge in [0.05, 0.1) is 12.7 Å². The van der Waals surface area contributed by atoms with Crippen LogP contribution >= 0.6 is 0 Å². The highest BCUT2D eigenvalue weighted by atomic mass is 16.5. The van der Waals surface area contributed by atoms with Gasteiger partial charge < -0.3 is 20.1 Å². The third-order valence-corrected chi connectivity index (χ3v) is 3.27. The Balaban J connectivity index is 2.17. The first kappa shape index (κ1) is 13.9. The first-order chi connectivity index (χ1) is 7.76. The summed E-state index contributed by atoms with van der Waals surface area (Å²) in [6.07, 6.45) is 3.28. The Morgan fingerprint density at radius 3 is 2.94 bits per heavy atom. The summed E-state index contributed by atoms with van der Waals surface area (Å²) in [6, 6.07) is 0.558. The minimum Gasteiger partial charge on any atom is -0.389 e. The van der Waals surface area contributed by atoms with Gasteiger partial charge in [-0.05, 0) is 38.9 Å². The molecule has 2 atom stereocenters. The SMILES string of the molecule is CCN1CCCC(NCC(O)COC)CC1. The van der Waals surface area contributed by atoms with Gasteiger partial charge in [0.25, 0.3) is 0 Å². The van der Waals surface area contributed by atoms with Crippen molar-refractivity contribution in [1.82, 2.24) is 10.2 Å². The topological polar surface area (TPSA) is 44.7 Å². The zero-order valence-electron chi connectivity index (χ0n) is 10.6. The molecule has 4 nitrogen and oxygen atoms in total. The van der Waals surface area contributed by atoms with Crippen molar-refractivity contribution in [3.8, 4) is 0 Å². The summed E-state index contributed by atoms with van der Waals surface area (Å²) in [5.74, 6) is 0. The third-order valence-electron chi connectivity index (χ3n) is 3.27. The molecule has 0 amide bonds. The van der Waals surface area contributed by atoms with Crippen LogP contribution in [0.1, 0.15) is 26.2 Å². The molecule has 0 aliphatic carbocycles. The van der Waals surface area contributed by atoms with Crippen molar-refractivity contribution in [2.45, 2.75) is 38.3 Å². The molecule has 0 aromatic carbocycles. The van der Waals surface area contributed by atoms with Crippen molar-refractivity contribution in [1.29, 1.82) is 0 Å². The van der Waals surface area contributed by atoms with E-state index in [0.29, 0.717) is 19.2 Å². The molecule has 4 heteroatoms. The first-order valence-corrected chi connectivity index (χ1v) is 6.39. The quantitative estimate of drug-likeness (QED) is 0.696. The van der Waals surface area contributed by atoms with Crippen LogP contribution in [0.25, 0.3) is 0 Å². The average Bonchev–Trinajstić information content (AvgIpc) is 2.51. The average molecular weight is 230 g/mol. The molecule has 1 heterocycles. The number of aliphatic hydroxyl groups excluding tert-OH is 1. The predicted octanol–water partition coefficient (Wildman–Crippen LogP) is 0.458. The standard InChI is InChI=1S/C12H26N2O2/c1-3-14-7-4-5-11(6-8-14)13-9-12(15)10-16-2/h11-13,15H,3-10H2,1-2H3. The van der Waals surface area contributed by atoms with Crippen molar-refractivity contribution in [2.75, 3.05) is 39.9 Å². The normalized spacial score (nSPS) is 25.3. The Kier molecular flexibility index (Phi) is 6.96. The molecule has 0 bridgehead atoms. The molecule has 1 rings (SSSR count). The second kappa shape index (κ2) is 8.01. The van der Waals surface area contributed by atoms with Crippen molar-refractivity contribution in [3.63, 3.8) is 0 Å². The number of hydrogen-bond donors (Lipinski definition) is 2. The number of ether oxygens (including phenoxy) is 1. The lowest BCUT2D eigenvalue weighted by atomic mass is 10.1. The Morgan fingerprint density at radius 2 is 2.25 bits per heavy atom. The maximum absolute atomic E-state index is 9.55. The molecule has 0 aromatic rings. The molecule has 1 aliphatic heterocycles. The van der Waals surface area contributed by atoms with Crippen LogP contribution < -0.4 is 5.32 Å². The second-order valence-corrected chi connectivity index (χ2v) is 4.58. The van der Waals surface area contributed by atoms with E-state index in [2.05, 4.69) is 17.1 Å². The molecular formula is C12H26N2O2. The maximum atomic E-state index is 9.55. The van der Waals surface area contributed by atoms with Crippen molar-refractivity contribution >= 4 is 0 Å². The van der Waals surface area contributed by atoms with Gasteiger partial charge in [0, 0.05) is 19.7 Å². The molecule has 16 heavy (non-hydrogen) atoms. The van der Waals surface area contributed by atoms with E-state index >= 15 is 0 Å². The number of nitrogens with one attached hydrogen (secondary N) is 1. The zero-order chi connectivity index (χ0) is 11.8. The smallest absolute Gasteiger partial charge is 0.0897 e. The van der Waals surface area contributed by atoms with Crippen LogP contribution in [0.2, 0.25) is 0 Å². The summed E-state index contributed by atoms with van der Waals surface area (Å²) in [5, 5.41) is 13.0. The minimum atomic E-state index is -0.379. The first-order valence-electron chi connectivity index (χ1n) is 6.39. The number of hydrogen-bond acceptors (Lipinski definition) is 4. The Hall–Kier alpha value is -0.160. The molecule has 0 spiro atoms. The molecular weight excluding hydrogens is 204 g/mol. The van der Waals surface area contributed by atoms with Gasteiger partial charge in [-0.3, -0.25) is 0 Å². The Labute approximate surface area is 99.0 Å². The fraction of sp³-hybridized carbons (Fsp3) is 1.00. The van der Waals surface area contributed by atoms with Crippen molar-refractivity contribution < 1.29 is 9.84 Å². The van der Waals surface area contributed by atoms with E-state index in [1.807, 2.05) is 0 Å². The van der Waals surface area contributed by atoms with Crippen LogP contribution in [0.15, 0.2) is 0 Å². The highest BCUT2D eigenvalue weighted by Gasteiger charge is 2.16. The van der Waals surface area contributed by atoms with Crippen LogP contribution in [0.4, 0.5) is 0 Å². The van der Waals surface area contributed by atoms with Gasteiger partial charge in [0.2, 0.25) is 0 Å². The number of rotatable bonds is 6. The largest absolute Gasteiger partial charge is 0.389 e. The van der Waals surface area contributed by atoms with Crippen molar-refractivity contribution in [2.24, 2.45) is 0 Å². The molecule has 2 N–H and O–H groups in total. The lowest BCUT2D eigenvalue weighted by molar-refractivity contribution is 0.0623. The summed E-state index contributed by atoms with van der Waals surface area (Å²) >= 11 is 0. The van der Waals surface area contributed by atoms with E-state index in [1.54, 1.807) is 7.11 Å². The number of nitrogens with zero attached hydrogens (tertiary/aromatic N) is 1.